The molecule has 2 heterocycles. The summed E-state index contributed by atoms with van der Waals surface area (Å²) in [6, 6.07) is 0.748. The Morgan fingerprint density at radius 1 is 1.50 bits per heavy atom. The van der Waals surface area contributed by atoms with Crippen molar-refractivity contribution in [3.05, 3.63) is 16.6 Å². The Kier molecular flexibility index (Phi) is 4.75. The summed E-state index contributed by atoms with van der Waals surface area (Å²) in [7, 11) is 0. The molecular formula is C12H21N3S. The molecular weight excluding hydrogens is 218 g/mol. The van der Waals surface area contributed by atoms with Crippen LogP contribution in [0.3, 0.4) is 0 Å². The van der Waals surface area contributed by atoms with E-state index >= 15 is 0 Å². The lowest BCUT2D eigenvalue weighted by Gasteiger charge is -2.32. The van der Waals surface area contributed by atoms with Gasteiger partial charge in [0.1, 0.15) is 0 Å². The third-order valence-electron chi connectivity index (χ3n) is 3.13. The number of piperidine rings is 1. The van der Waals surface area contributed by atoms with E-state index < -0.39 is 0 Å². The second kappa shape index (κ2) is 6.33. The second-order valence-electron chi connectivity index (χ2n) is 4.47. The number of rotatable bonds is 5. The highest BCUT2D eigenvalue weighted by atomic mass is 32.1. The van der Waals surface area contributed by atoms with Gasteiger partial charge in [-0.1, -0.05) is 6.92 Å². The van der Waals surface area contributed by atoms with Crippen LogP contribution in [0.4, 0.5) is 0 Å². The lowest BCUT2D eigenvalue weighted by Crippen LogP contribution is -2.42. The maximum atomic E-state index is 4.12. The van der Waals surface area contributed by atoms with E-state index in [-0.39, 0.29) is 0 Å². The number of hydrogen-bond donors (Lipinski definition) is 1. The Morgan fingerprint density at radius 3 is 2.94 bits per heavy atom. The van der Waals surface area contributed by atoms with E-state index in [1.54, 1.807) is 11.3 Å². The molecule has 0 amide bonds. The summed E-state index contributed by atoms with van der Waals surface area (Å²) in [6.07, 6.45) is 5.81. The van der Waals surface area contributed by atoms with Crippen molar-refractivity contribution in [3.8, 4) is 0 Å². The maximum Gasteiger partial charge on any atom is 0.0794 e. The van der Waals surface area contributed by atoms with Crippen LogP contribution in [0.1, 0.15) is 31.1 Å². The number of likely N-dealkylation sites (tertiary alicyclic amines) is 1. The van der Waals surface area contributed by atoms with Crippen molar-refractivity contribution in [2.24, 2.45) is 0 Å². The summed E-state index contributed by atoms with van der Waals surface area (Å²) in [5.74, 6) is 0. The van der Waals surface area contributed by atoms with Gasteiger partial charge in [-0.15, -0.1) is 11.3 Å². The number of nitrogens with zero attached hydrogens (tertiary/aromatic N) is 2. The summed E-state index contributed by atoms with van der Waals surface area (Å²) < 4.78 is 0. The van der Waals surface area contributed by atoms with Gasteiger partial charge in [0.2, 0.25) is 0 Å². The zero-order valence-corrected chi connectivity index (χ0v) is 10.8. The topological polar surface area (TPSA) is 28.2 Å². The largest absolute Gasteiger partial charge is 0.314 e. The molecule has 1 aliphatic heterocycles. The molecule has 0 radical (unpaired) electrons. The minimum Gasteiger partial charge on any atom is -0.314 e. The quantitative estimate of drug-likeness (QED) is 0.853. The Morgan fingerprint density at radius 2 is 2.31 bits per heavy atom. The van der Waals surface area contributed by atoms with Gasteiger partial charge in [-0.25, -0.2) is 0 Å². The predicted octanol–water partition coefficient (Wildman–Crippen LogP) is 2.11. The summed E-state index contributed by atoms with van der Waals surface area (Å²) in [5.41, 5.74) is 1.92. The summed E-state index contributed by atoms with van der Waals surface area (Å²) in [4.78, 5) is 8.05. The molecule has 1 N–H and O–H groups in total. The van der Waals surface area contributed by atoms with Gasteiger partial charge in [-0.2, -0.15) is 0 Å². The molecule has 90 valence electrons. The van der Waals surface area contributed by atoms with Crippen LogP contribution in [0.15, 0.2) is 11.7 Å². The van der Waals surface area contributed by atoms with Gasteiger partial charge < -0.3 is 5.32 Å². The Hall–Kier alpha value is -0.450. The Balaban J connectivity index is 1.69. The van der Waals surface area contributed by atoms with Crippen LogP contribution in [0, 0.1) is 0 Å². The number of nitrogens with one attached hydrogen (secondary N) is 1. The Bertz CT molecular complexity index is 278. The fourth-order valence-electron chi connectivity index (χ4n) is 2.18. The molecule has 3 nitrogen and oxygen atoms in total. The van der Waals surface area contributed by atoms with Crippen molar-refractivity contribution in [1.82, 2.24) is 15.2 Å². The SMILES string of the molecule is CCCNC1CCN(Cc2cncs2)CC1. The highest BCUT2D eigenvalue weighted by Gasteiger charge is 2.18. The third kappa shape index (κ3) is 3.54. The molecule has 1 saturated heterocycles. The highest BCUT2D eigenvalue weighted by Crippen LogP contribution is 2.15. The van der Waals surface area contributed by atoms with Gasteiger partial charge in [0.05, 0.1) is 5.51 Å². The fourth-order valence-corrected chi connectivity index (χ4v) is 2.82. The first-order valence-corrected chi connectivity index (χ1v) is 7.09. The molecule has 1 aliphatic rings. The molecule has 0 aliphatic carbocycles. The van der Waals surface area contributed by atoms with Gasteiger partial charge in [-0.05, 0) is 25.8 Å². The molecule has 1 aromatic heterocycles. The predicted molar refractivity (Wildman–Crippen MR) is 68.7 cm³/mol. The monoisotopic (exact) mass is 239 g/mol. The van der Waals surface area contributed by atoms with Crippen molar-refractivity contribution in [2.45, 2.75) is 38.8 Å². The van der Waals surface area contributed by atoms with Crippen LogP contribution in [-0.2, 0) is 6.54 Å². The van der Waals surface area contributed by atoms with E-state index in [9.17, 15) is 0 Å². The first-order chi connectivity index (χ1) is 7.88. The summed E-state index contributed by atoms with van der Waals surface area (Å²) >= 11 is 1.76. The maximum absolute atomic E-state index is 4.12. The van der Waals surface area contributed by atoms with Gasteiger partial charge in [-0.3, -0.25) is 9.88 Å². The number of thiazole rings is 1. The third-order valence-corrected chi connectivity index (χ3v) is 3.90. The van der Waals surface area contributed by atoms with Gasteiger partial charge in [0.15, 0.2) is 0 Å². The zero-order chi connectivity index (χ0) is 11.2. The van der Waals surface area contributed by atoms with Gasteiger partial charge in [0, 0.05) is 36.8 Å². The van der Waals surface area contributed by atoms with Gasteiger partial charge in [0.25, 0.3) is 0 Å². The van der Waals surface area contributed by atoms with E-state index in [0.717, 1.165) is 12.6 Å². The number of aromatic nitrogens is 1. The van der Waals surface area contributed by atoms with Gasteiger partial charge >= 0.3 is 0 Å². The molecule has 4 heteroatoms. The molecule has 0 atom stereocenters. The lowest BCUT2D eigenvalue weighted by molar-refractivity contribution is 0.192. The summed E-state index contributed by atoms with van der Waals surface area (Å²) in [5, 5.41) is 3.61. The van der Waals surface area contributed by atoms with E-state index in [1.807, 2.05) is 11.7 Å². The van der Waals surface area contributed by atoms with Crippen LogP contribution >= 0.6 is 11.3 Å². The van der Waals surface area contributed by atoms with E-state index in [0.29, 0.717) is 0 Å². The first-order valence-electron chi connectivity index (χ1n) is 6.21. The Labute approximate surface area is 102 Å². The van der Waals surface area contributed by atoms with Crippen LogP contribution in [0.2, 0.25) is 0 Å². The number of hydrogen-bond acceptors (Lipinski definition) is 4. The smallest absolute Gasteiger partial charge is 0.0794 e. The standard InChI is InChI=1S/C12H21N3S/c1-2-5-14-11-3-6-15(7-4-11)9-12-8-13-10-16-12/h8,10-11,14H,2-7,9H2,1H3. The van der Waals surface area contributed by atoms with Crippen LogP contribution in [0.5, 0.6) is 0 Å². The molecule has 0 unspecified atom stereocenters. The van der Waals surface area contributed by atoms with Crippen molar-refractivity contribution in [3.63, 3.8) is 0 Å². The van der Waals surface area contributed by atoms with E-state index in [2.05, 4.69) is 22.1 Å². The van der Waals surface area contributed by atoms with E-state index in [1.165, 1.54) is 43.8 Å². The van der Waals surface area contributed by atoms with Crippen molar-refractivity contribution in [2.75, 3.05) is 19.6 Å². The minimum atomic E-state index is 0.748. The normalized spacial score (nSPS) is 19.1. The van der Waals surface area contributed by atoms with E-state index in [4.69, 9.17) is 0 Å². The average molecular weight is 239 g/mol. The summed E-state index contributed by atoms with van der Waals surface area (Å²) in [6.45, 7) is 6.93. The second-order valence-corrected chi connectivity index (χ2v) is 5.44. The van der Waals surface area contributed by atoms with Crippen molar-refractivity contribution in [1.29, 1.82) is 0 Å². The van der Waals surface area contributed by atoms with Crippen molar-refractivity contribution >= 4 is 11.3 Å². The van der Waals surface area contributed by atoms with Crippen LogP contribution in [0.25, 0.3) is 0 Å². The first kappa shape index (κ1) is 12.0. The average Bonchev–Trinajstić information content (AvgIpc) is 2.81. The zero-order valence-electron chi connectivity index (χ0n) is 9.98. The molecule has 1 fully saturated rings. The highest BCUT2D eigenvalue weighted by molar-refractivity contribution is 7.09. The van der Waals surface area contributed by atoms with Crippen LogP contribution < -0.4 is 5.32 Å². The molecule has 1 aromatic rings. The minimum absolute atomic E-state index is 0.748. The fraction of sp³-hybridized carbons (Fsp3) is 0.750. The molecule has 16 heavy (non-hydrogen) atoms. The van der Waals surface area contributed by atoms with Crippen molar-refractivity contribution < 1.29 is 0 Å². The molecule has 0 bridgehead atoms. The lowest BCUT2D eigenvalue weighted by atomic mass is 10.0. The van der Waals surface area contributed by atoms with Crippen LogP contribution in [-0.4, -0.2) is 35.6 Å². The molecule has 2 rings (SSSR count). The molecule has 0 saturated carbocycles. The molecule has 0 aromatic carbocycles. The molecule has 0 spiro atoms.